The van der Waals surface area contributed by atoms with Crippen molar-refractivity contribution in [3.05, 3.63) is 36.4 Å². The molecule has 2 aliphatic rings. The lowest BCUT2D eigenvalue weighted by Crippen LogP contribution is -2.34. The van der Waals surface area contributed by atoms with Gasteiger partial charge in [-0.1, -0.05) is 11.3 Å². The van der Waals surface area contributed by atoms with E-state index in [1.54, 1.807) is 12.1 Å². The molecule has 21 nitrogen and oxygen atoms in total. The van der Waals surface area contributed by atoms with Gasteiger partial charge in [-0.05, 0) is 12.1 Å². The molecular formula is C23H27FN8O13P2. The Morgan fingerprint density at radius 1 is 1.11 bits per heavy atom. The van der Waals surface area contributed by atoms with Crippen LogP contribution in [0.1, 0.15) is 29.2 Å². The quantitative estimate of drug-likeness (QED) is 0.102. The first-order valence-corrected chi connectivity index (χ1v) is 16.6. The third-order valence-corrected chi connectivity index (χ3v) is 8.85. The third-order valence-electron chi connectivity index (χ3n) is 7.38. The van der Waals surface area contributed by atoms with Gasteiger partial charge in [0.05, 0.1) is 43.8 Å². The number of benzene rings is 1. The molecule has 0 saturated carbocycles. The lowest BCUT2D eigenvalue weighted by Gasteiger charge is -2.23. The molecule has 6 rings (SSSR count). The second kappa shape index (κ2) is 12.8. The zero-order valence-corrected chi connectivity index (χ0v) is 25.8. The van der Waals surface area contributed by atoms with E-state index in [4.69, 9.17) is 38.8 Å². The number of hydrogen-bond donors (Lipinski definition) is 5. The van der Waals surface area contributed by atoms with Crippen molar-refractivity contribution < 1.29 is 65.9 Å². The smallest absolute Gasteiger partial charge is 0.465 e. The molecular weight excluding hydrogens is 677 g/mol. The molecule has 0 radical (unpaired) electrons. The summed E-state index contributed by atoms with van der Waals surface area (Å²) in [6.45, 7) is -1.67. The molecule has 0 amide bonds. The summed E-state index contributed by atoms with van der Waals surface area (Å²) >= 11 is 0. The first-order valence-electron chi connectivity index (χ1n) is 13.6. The number of phosphoric ester groups is 2. The molecule has 24 heteroatoms. The van der Waals surface area contributed by atoms with Gasteiger partial charge in [-0.15, -0.1) is 5.10 Å². The average molecular weight is 704 g/mol. The van der Waals surface area contributed by atoms with Crippen molar-refractivity contribution in [2.75, 3.05) is 26.1 Å². The fraction of sp³-hybridized carbons (Fsp3) is 0.478. The van der Waals surface area contributed by atoms with Crippen LogP contribution in [0, 0.1) is 0 Å². The monoisotopic (exact) mass is 704 g/mol. The van der Waals surface area contributed by atoms with Crippen molar-refractivity contribution in [1.29, 1.82) is 0 Å². The highest BCUT2D eigenvalue weighted by Gasteiger charge is 2.51. The molecule has 4 aromatic rings. The molecule has 2 saturated heterocycles. The van der Waals surface area contributed by atoms with Gasteiger partial charge < -0.3 is 39.7 Å². The lowest BCUT2D eigenvalue weighted by molar-refractivity contribution is -0.0570. The normalized spacial score (nSPS) is 27.8. The Labute approximate surface area is 262 Å². The molecule has 0 spiro atoms. The number of rotatable bonds is 11. The zero-order valence-electron chi connectivity index (χ0n) is 24.0. The van der Waals surface area contributed by atoms with Gasteiger partial charge >= 0.3 is 21.6 Å². The number of nitrogen functional groups attached to an aromatic ring is 1. The van der Waals surface area contributed by atoms with Gasteiger partial charge in [0.15, 0.2) is 30.1 Å². The van der Waals surface area contributed by atoms with Crippen molar-refractivity contribution in [2.24, 2.45) is 0 Å². The summed E-state index contributed by atoms with van der Waals surface area (Å²) in [6, 6.07) is 4.69. The minimum Gasteiger partial charge on any atom is -0.465 e. The van der Waals surface area contributed by atoms with Crippen molar-refractivity contribution in [1.82, 2.24) is 34.5 Å². The summed E-state index contributed by atoms with van der Waals surface area (Å²) < 4.78 is 73.4. The molecule has 3 aromatic heterocycles. The topological polar surface area (TPSA) is 288 Å². The lowest BCUT2D eigenvalue weighted by atomic mass is 10.1. The molecule has 6 N–H and O–H groups in total. The number of ether oxygens (including phenoxy) is 3. The van der Waals surface area contributed by atoms with Gasteiger partial charge in [-0.25, -0.2) is 37.9 Å². The molecule has 1 unspecified atom stereocenters. The van der Waals surface area contributed by atoms with Crippen molar-refractivity contribution in [3.8, 4) is 0 Å². The second-order valence-corrected chi connectivity index (χ2v) is 13.0. The number of carbonyl (C=O) groups is 1. The highest BCUT2D eigenvalue weighted by molar-refractivity contribution is 7.47. The molecule has 2 fully saturated rings. The van der Waals surface area contributed by atoms with E-state index < -0.39 is 77.9 Å². The summed E-state index contributed by atoms with van der Waals surface area (Å²) in [6.07, 6.45) is -8.68. The molecule has 8 atom stereocenters. The predicted molar refractivity (Wildman–Crippen MR) is 151 cm³/mol. The number of nitrogens with zero attached hydrogens (tertiary/aromatic N) is 7. The molecule has 5 heterocycles. The number of esters is 1. The molecule has 0 aliphatic carbocycles. The van der Waals surface area contributed by atoms with Gasteiger partial charge in [0, 0.05) is 6.42 Å². The third kappa shape index (κ3) is 6.76. The van der Waals surface area contributed by atoms with Crippen LogP contribution >= 0.6 is 15.6 Å². The van der Waals surface area contributed by atoms with E-state index in [9.17, 15) is 23.9 Å². The number of aromatic nitrogens is 7. The Morgan fingerprint density at radius 3 is 2.62 bits per heavy atom. The molecule has 47 heavy (non-hydrogen) atoms. The number of imidazole rings is 1. The SMILES string of the molecule is COC(=O)c1cccc2c1nnn2[C@H]1C[C@H](O)[C@@H](COP(=O)(O)O[C@H]2[C@@H](F)[C@H](n3cnc4c(N)ncnc43)O[C@@H]2COP(=O)(O)O)O1. The number of nitrogens with two attached hydrogens (primary N) is 1. The molecule has 0 bridgehead atoms. The summed E-state index contributed by atoms with van der Waals surface area (Å²) in [4.78, 5) is 52.8. The fourth-order valence-corrected chi connectivity index (χ4v) is 6.52. The maximum Gasteiger partial charge on any atom is 0.472 e. The minimum atomic E-state index is -5.18. The predicted octanol–water partition coefficient (Wildman–Crippen LogP) is 0.135. The number of fused-ring (bicyclic) bond motifs is 2. The van der Waals surface area contributed by atoms with Crippen molar-refractivity contribution in [2.45, 2.75) is 49.5 Å². The number of halogens is 1. The van der Waals surface area contributed by atoms with E-state index in [0.717, 1.165) is 17.2 Å². The Hall–Kier alpha value is -3.53. The van der Waals surface area contributed by atoms with Gasteiger partial charge in [0.2, 0.25) is 0 Å². The van der Waals surface area contributed by atoms with Crippen LogP contribution in [-0.4, -0.2) is 111 Å². The van der Waals surface area contributed by atoms with E-state index >= 15 is 4.39 Å². The van der Waals surface area contributed by atoms with E-state index in [2.05, 4.69) is 29.8 Å². The Balaban J connectivity index is 1.15. The van der Waals surface area contributed by atoms with Crippen LogP contribution in [0.25, 0.3) is 22.2 Å². The number of aliphatic hydroxyl groups excluding tert-OH is 1. The standard InChI is InChI=1S/C23H27FN8O13P2/c1-40-23(34)10-3-2-4-11-17(10)29-30-32(11)15-5-12(33)13(43-15)6-42-47(38,39)45-19-14(7-41-46(35,36)37)44-22(16(19)24)31-9-28-18-20(25)26-8-27-21(18)31/h2-4,8-9,12-16,19,22,33H,5-7H2,1H3,(H,38,39)(H2,25,26,27)(H2,35,36,37)/t12-,13+,14+,15+,16+,19+,22+/m0/s1. The molecule has 1 aromatic carbocycles. The van der Waals surface area contributed by atoms with E-state index in [1.807, 2.05) is 0 Å². The van der Waals surface area contributed by atoms with Crippen LogP contribution in [0.15, 0.2) is 30.9 Å². The number of phosphoric acid groups is 2. The van der Waals surface area contributed by atoms with Crippen LogP contribution in [0.2, 0.25) is 0 Å². The zero-order chi connectivity index (χ0) is 33.7. The minimum absolute atomic E-state index is 0.0221. The van der Waals surface area contributed by atoms with Crippen LogP contribution in [0.5, 0.6) is 0 Å². The maximum atomic E-state index is 15.9. The number of alkyl halides is 1. The van der Waals surface area contributed by atoms with Crippen molar-refractivity contribution >= 4 is 49.6 Å². The van der Waals surface area contributed by atoms with Gasteiger partial charge in [0.1, 0.15) is 35.7 Å². The molecule has 254 valence electrons. The highest BCUT2D eigenvalue weighted by Crippen LogP contribution is 2.50. The summed E-state index contributed by atoms with van der Waals surface area (Å²) in [5.74, 6) is -0.659. The number of carbonyl (C=O) groups excluding carboxylic acids is 1. The summed E-state index contributed by atoms with van der Waals surface area (Å²) in [7, 11) is -9.05. The number of anilines is 1. The Morgan fingerprint density at radius 2 is 1.87 bits per heavy atom. The first-order chi connectivity index (χ1) is 22.3. The van der Waals surface area contributed by atoms with E-state index in [0.29, 0.717) is 5.52 Å². The first kappa shape index (κ1) is 33.4. The van der Waals surface area contributed by atoms with Crippen LogP contribution in [-0.2, 0) is 36.9 Å². The maximum absolute atomic E-state index is 15.9. The Bertz CT molecular complexity index is 1890. The number of methoxy groups -OCH3 is 1. The van der Waals surface area contributed by atoms with Gasteiger partial charge in [-0.3, -0.25) is 18.1 Å². The van der Waals surface area contributed by atoms with Gasteiger partial charge in [-0.2, -0.15) is 0 Å². The number of hydrogen-bond acceptors (Lipinski definition) is 16. The largest absolute Gasteiger partial charge is 0.472 e. The average Bonchev–Trinajstić information content (AvgIpc) is 3.79. The summed E-state index contributed by atoms with van der Waals surface area (Å²) in [5.41, 5.74) is 6.68. The second-order valence-electron chi connectivity index (χ2n) is 10.3. The van der Waals surface area contributed by atoms with Crippen LogP contribution < -0.4 is 5.73 Å². The summed E-state index contributed by atoms with van der Waals surface area (Å²) in [5, 5.41) is 18.6. The van der Waals surface area contributed by atoms with Crippen LogP contribution in [0.4, 0.5) is 10.2 Å². The van der Waals surface area contributed by atoms with E-state index in [1.165, 1.54) is 17.9 Å². The fourth-order valence-electron chi connectivity index (χ4n) is 5.22. The Kier molecular flexibility index (Phi) is 9.11. The van der Waals surface area contributed by atoms with E-state index in [-0.39, 0.29) is 34.5 Å². The van der Waals surface area contributed by atoms with Gasteiger partial charge in [0.25, 0.3) is 0 Å². The van der Waals surface area contributed by atoms with Crippen LogP contribution in [0.3, 0.4) is 0 Å². The highest BCUT2D eigenvalue weighted by atomic mass is 31.2. The van der Waals surface area contributed by atoms with Crippen molar-refractivity contribution in [3.63, 3.8) is 0 Å². The number of aliphatic hydroxyl groups is 1. The molecule has 2 aliphatic heterocycles.